The van der Waals surface area contributed by atoms with E-state index in [2.05, 4.69) is 79.7 Å². The highest BCUT2D eigenvalue weighted by molar-refractivity contribution is 5.54. The number of rotatable bonds is 14. The number of nitriles is 3. The molecular weight excluding hydrogens is 1270 g/mol. The lowest BCUT2D eigenvalue weighted by atomic mass is 9.85. The summed E-state index contributed by atoms with van der Waals surface area (Å²) >= 11 is 0. The zero-order valence-corrected chi connectivity index (χ0v) is 62.1. The number of nitrogen functional groups attached to an aromatic ring is 7. The quantitative estimate of drug-likeness (QED) is 0.0273. The van der Waals surface area contributed by atoms with Gasteiger partial charge in [0.1, 0.15) is 6.07 Å². The molecule has 0 heterocycles. The van der Waals surface area contributed by atoms with E-state index in [0.29, 0.717) is 59.5 Å². The van der Waals surface area contributed by atoms with Crippen LogP contribution in [0.3, 0.4) is 0 Å². The highest BCUT2D eigenvalue weighted by atomic mass is 16.5. The Balaban J connectivity index is 0. The second-order valence-corrected chi connectivity index (χ2v) is 23.7. The number of hydrogen-bond donors (Lipinski definition) is 12. The molecule has 0 saturated heterocycles. The number of methoxy groups -OCH3 is 2. The fourth-order valence-corrected chi connectivity index (χ4v) is 9.43. The number of nitrogens with zero attached hydrogens (tertiary/aromatic N) is 4. The number of benzene rings is 8. The van der Waals surface area contributed by atoms with E-state index in [1.165, 1.54) is 92.9 Å². The van der Waals surface area contributed by atoms with Crippen LogP contribution >= 0.6 is 0 Å². The molecule has 0 aliphatic heterocycles. The van der Waals surface area contributed by atoms with E-state index in [-0.39, 0.29) is 0 Å². The second kappa shape index (κ2) is 65.6. The van der Waals surface area contributed by atoms with Crippen LogP contribution in [0.4, 0.5) is 45.5 Å². The Hall–Kier alpha value is -9.96. The van der Waals surface area contributed by atoms with E-state index in [1.54, 1.807) is 99.1 Å². The molecular formula is C84H124N16O2. The average Bonchev–Trinajstić information content (AvgIpc) is 1.17. The number of aryl methyl sites for hydroxylation is 3. The molecule has 102 heavy (non-hydrogen) atoms. The van der Waals surface area contributed by atoms with Gasteiger partial charge in [-0.1, -0.05) is 187 Å². The summed E-state index contributed by atoms with van der Waals surface area (Å²) < 4.78 is 9.27. The lowest BCUT2D eigenvalue weighted by Gasteiger charge is -2.24. The first kappa shape index (κ1) is 94.1. The molecule has 18 heteroatoms. The molecule has 0 radical (unpaired) electrons. The van der Waals surface area contributed by atoms with Crippen molar-refractivity contribution in [3.63, 3.8) is 0 Å². The molecule has 10 rings (SSSR count). The normalized spacial score (nSPS) is 11.6. The van der Waals surface area contributed by atoms with Crippen LogP contribution in [-0.4, -0.2) is 59.7 Å². The molecule has 0 amide bonds. The number of hydrogen-bond acceptors (Lipinski definition) is 17. The number of anilines is 7. The average molecular weight is 1390 g/mol. The summed E-state index contributed by atoms with van der Waals surface area (Å²) in [5.41, 5.74) is 78.2. The van der Waals surface area contributed by atoms with Gasteiger partial charge < -0.3 is 78.3 Å². The molecule has 2 aliphatic rings. The van der Waals surface area contributed by atoms with Crippen LogP contribution in [-0.2, 0) is 41.6 Å². The lowest BCUT2D eigenvalue weighted by Crippen LogP contribution is -2.27. The van der Waals surface area contributed by atoms with Crippen LogP contribution in [0.2, 0.25) is 0 Å². The van der Waals surface area contributed by atoms with E-state index in [9.17, 15) is 0 Å². The summed E-state index contributed by atoms with van der Waals surface area (Å²) in [6, 6.07) is 68.6. The van der Waals surface area contributed by atoms with Crippen molar-refractivity contribution in [2.45, 2.75) is 143 Å². The number of nitrogens with two attached hydrogens (primary N) is 12. The van der Waals surface area contributed by atoms with Crippen LogP contribution < -0.4 is 68.8 Å². The van der Waals surface area contributed by atoms with E-state index in [1.807, 2.05) is 91.0 Å². The molecule has 2 saturated carbocycles. The zero-order chi connectivity index (χ0) is 76.2. The topological polar surface area (TPSA) is 406 Å². The molecule has 0 bridgehead atoms. The molecule has 1 unspecified atom stereocenters. The molecule has 552 valence electrons. The first-order valence-corrected chi connectivity index (χ1v) is 35.4. The Morgan fingerprint density at radius 3 is 1.31 bits per heavy atom. The van der Waals surface area contributed by atoms with Gasteiger partial charge >= 0.3 is 0 Å². The fourth-order valence-electron chi connectivity index (χ4n) is 9.43. The van der Waals surface area contributed by atoms with Gasteiger partial charge in [-0.25, -0.2) is 4.85 Å². The predicted molar refractivity (Wildman–Crippen MR) is 435 cm³/mol. The zero-order valence-electron chi connectivity index (χ0n) is 62.1. The maximum Gasteiger partial charge on any atom is 0.187 e. The van der Waals surface area contributed by atoms with Crippen molar-refractivity contribution in [1.82, 2.24) is 0 Å². The summed E-state index contributed by atoms with van der Waals surface area (Å²) in [7, 11) is 3.31. The minimum atomic E-state index is 0.435. The maximum atomic E-state index is 8.39. The molecule has 1 atom stereocenters. The van der Waals surface area contributed by atoms with Crippen LogP contribution in [0.25, 0.3) is 4.85 Å². The molecule has 8 aromatic carbocycles. The van der Waals surface area contributed by atoms with Crippen LogP contribution in [0, 0.1) is 52.4 Å². The Morgan fingerprint density at radius 2 is 0.951 bits per heavy atom. The van der Waals surface area contributed by atoms with Crippen molar-refractivity contribution < 1.29 is 9.47 Å². The summed E-state index contributed by atoms with van der Waals surface area (Å²) in [5.74, 6) is 1.81. The van der Waals surface area contributed by atoms with E-state index in [0.717, 1.165) is 98.5 Å². The molecule has 0 spiro atoms. The van der Waals surface area contributed by atoms with Gasteiger partial charge in [0.05, 0.1) is 42.9 Å². The molecule has 0 aromatic heterocycles. The Labute approximate surface area is 613 Å². The minimum absolute atomic E-state index is 0.435. The third kappa shape index (κ3) is 53.0. The van der Waals surface area contributed by atoms with Crippen molar-refractivity contribution in [3.8, 4) is 18.2 Å². The molecule has 18 nitrogen and oxygen atoms in total. The lowest BCUT2D eigenvalue weighted by molar-refractivity contribution is 0.197. The van der Waals surface area contributed by atoms with Crippen molar-refractivity contribution in [3.05, 3.63) is 251 Å². The third-order valence-corrected chi connectivity index (χ3v) is 15.4. The standard InChI is InChI=1S/C8H8N2.C8H17N.3C8H11N.C8H17N.C8H11N.3C7H6N2.C4H11NO.C3H9NO/c9-6-5-7-1-3-8(10)4-2-7;1-7(9)8-5-3-2-4-6-8;1-2-7-3-5-8(9)6-4-7;1-2-7-4-3-5-8(9)6-7;1-2-7-5-3-4-6-8(7)9;2*9-7-6-8-4-2-1-3-5-8;1-9-7-4-2-6(8)3-5-7;8-5-6-2-1-3-7(9)4-6;8-5-6-3-1-2-4-7(6)9;1-6-4-2-3-5;1-5-3-2-4/h1-4H,5,10H2;7-8H,2-6,9H2,1H3;3*3-6H,2,9H2,1H3;8H,1-7,9H2;1-5H,6-7,9H2;2-5H,8H2;2*1-4H,9H2;2-5H2,1H3;2-4H2,1H3. The predicted octanol–water partition coefficient (Wildman–Crippen LogP) is 15.5. The van der Waals surface area contributed by atoms with Crippen molar-refractivity contribution in [2.24, 2.45) is 40.5 Å². The SMILES string of the molecule is CC(N)C1CCCCC1.CCc1ccc(N)cc1.CCc1cccc(N)c1.CCc1ccccc1N.COCCCN.COCCN.N#CCc1ccc(N)cc1.N#Cc1cccc(N)c1.N#Cc1ccccc1N.NCCC1CCCCC1.NCCc1ccccc1.[C-]#[N+]c1ccc(N)cc1. The highest BCUT2D eigenvalue weighted by Crippen LogP contribution is 2.26. The van der Waals surface area contributed by atoms with Gasteiger partial charge in [0.25, 0.3) is 0 Å². The number of para-hydroxylation sites is 2. The largest absolute Gasteiger partial charge is 0.399 e. The van der Waals surface area contributed by atoms with Crippen LogP contribution in [0.1, 0.15) is 144 Å². The van der Waals surface area contributed by atoms with Gasteiger partial charge in [0.2, 0.25) is 0 Å². The summed E-state index contributed by atoms with van der Waals surface area (Å²) in [5, 5.41) is 25.1. The van der Waals surface area contributed by atoms with Crippen molar-refractivity contribution in [1.29, 1.82) is 15.8 Å². The summed E-state index contributed by atoms with van der Waals surface area (Å²) in [6.45, 7) is 19.5. The van der Waals surface area contributed by atoms with E-state index < -0.39 is 0 Å². The smallest absolute Gasteiger partial charge is 0.187 e. The van der Waals surface area contributed by atoms with Crippen molar-refractivity contribution >= 4 is 45.5 Å². The van der Waals surface area contributed by atoms with Crippen molar-refractivity contribution in [2.75, 3.05) is 93.7 Å². The fraction of sp³-hybridized carbons (Fsp3) is 0.381. The van der Waals surface area contributed by atoms with Gasteiger partial charge in [0, 0.05) is 73.2 Å². The van der Waals surface area contributed by atoms with Gasteiger partial charge in [-0.3, -0.25) is 0 Å². The molecule has 8 aromatic rings. The first-order valence-electron chi connectivity index (χ1n) is 35.4. The maximum absolute atomic E-state index is 8.39. The Morgan fingerprint density at radius 1 is 0.461 bits per heavy atom. The molecule has 2 fully saturated rings. The van der Waals surface area contributed by atoms with Gasteiger partial charge in [0.15, 0.2) is 5.69 Å². The number of ether oxygens (including phenoxy) is 2. The summed E-state index contributed by atoms with van der Waals surface area (Å²) in [6.07, 6.45) is 21.1. The third-order valence-electron chi connectivity index (χ3n) is 15.4. The molecule has 2 aliphatic carbocycles. The Kier molecular flexibility index (Phi) is 60.6. The summed E-state index contributed by atoms with van der Waals surface area (Å²) in [4.78, 5) is 3.21. The van der Waals surface area contributed by atoms with Crippen LogP contribution in [0.15, 0.2) is 200 Å². The van der Waals surface area contributed by atoms with Gasteiger partial charge in [-0.2, -0.15) is 15.8 Å². The van der Waals surface area contributed by atoms with E-state index >= 15 is 0 Å². The van der Waals surface area contributed by atoms with E-state index in [4.69, 9.17) is 95.9 Å². The highest BCUT2D eigenvalue weighted by Gasteiger charge is 2.16. The monoisotopic (exact) mass is 1390 g/mol. The Bertz CT molecular complexity index is 3410. The second-order valence-electron chi connectivity index (χ2n) is 23.7. The van der Waals surface area contributed by atoms with Gasteiger partial charge in [-0.05, 0) is 203 Å². The van der Waals surface area contributed by atoms with Crippen LogP contribution in [0.5, 0.6) is 0 Å². The first-order chi connectivity index (χ1) is 49.3. The minimum Gasteiger partial charge on any atom is -0.399 e. The van der Waals surface area contributed by atoms with Gasteiger partial charge in [-0.15, -0.1) is 0 Å². The molecule has 24 N–H and O–H groups in total.